The number of amides is 1. The Hall–Kier alpha value is -1.62. The number of rotatable bonds is 3. The van der Waals surface area contributed by atoms with Crippen molar-refractivity contribution in [1.29, 1.82) is 0 Å². The molecule has 1 aliphatic carbocycles. The first-order valence-electron chi connectivity index (χ1n) is 9.39. The van der Waals surface area contributed by atoms with Crippen LogP contribution >= 0.6 is 0 Å². The highest BCUT2D eigenvalue weighted by Crippen LogP contribution is 2.52. The molecule has 4 nitrogen and oxygen atoms in total. The maximum Gasteiger partial charge on any atom is 0.261 e. The lowest BCUT2D eigenvalue weighted by molar-refractivity contribution is -0.136. The second-order valence-electron chi connectivity index (χ2n) is 8.16. The summed E-state index contributed by atoms with van der Waals surface area (Å²) in [5.74, 6) is 0.311. The lowest BCUT2D eigenvalue weighted by Crippen LogP contribution is -2.51. The molecule has 0 radical (unpaired) electrons. The van der Waals surface area contributed by atoms with E-state index in [2.05, 4.69) is 23.8 Å². The van der Waals surface area contributed by atoms with Gasteiger partial charge < -0.3 is 14.5 Å². The van der Waals surface area contributed by atoms with E-state index < -0.39 is 0 Å². The molecule has 5 heteroatoms. The maximum absolute atomic E-state index is 13.0. The summed E-state index contributed by atoms with van der Waals surface area (Å²) in [4.78, 5) is 17.6. The van der Waals surface area contributed by atoms with Gasteiger partial charge in [0, 0.05) is 30.1 Å². The normalized spacial score (nSPS) is 34.7. The minimum absolute atomic E-state index is 0.0308. The largest absolute Gasteiger partial charge is 0.484 e. The van der Waals surface area contributed by atoms with Crippen molar-refractivity contribution in [3.8, 4) is 5.75 Å². The van der Waals surface area contributed by atoms with Gasteiger partial charge in [0.1, 0.15) is 11.6 Å². The van der Waals surface area contributed by atoms with E-state index in [0.29, 0.717) is 23.9 Å². The zero-order valence-electron chi connectivity index (χ0n) is 15.1. The van der Waals surface area contributed by atoms with Gasteiger partial charge in [-0.2, -0.15) is 0 Å². The number of hydrogen-bond acceptors (Lipinski definition) is 3. The van der Waals surface area contributed by atoms with E-state index in [1.54, 1.807) is 12.1 Å². The number of likely N-dealkylation sites (tertiary alicyclic amines) is 2. The molecule has 1 saturated carbocycles. The highest BCUT2D eigenvalue weighted by Gasteiger charge is 2.58. The second kappa shape index (κ2) is 6.27. The first kappa shape index (κ1) is 16.8. The topological polar surface area (TPSA) is 32.8 Å². The number of piperidine rings is 1. The molecule has 1 aromatic carbocycles. The van der Waals surface area contributed by atoms with Gasteiger partial charge >= 0.3 is 0 Å². The summed E-state index contributed by atoms with van der Waals surface area (Å²) in [6.45, 7) is 3.37. The van der Waals surface area contributed by atoms with Gasteiger partial charge in [0.15, 0.2) is 6.61 Å². The van der Waals surface area contributed by atoms with Crippen molar-refractivity contribution >= 4 is 5.91 Å². The quantitative estimate of drug-likeness (QED) is 0.843. The fourth-order valence-corrected chi connectivity index (χ4v) is 5.61. The number of likely N-dealkylation sites (N-methyl/N-ethyl adjacent to an activating group) is 1. The van der Waals surface area contributed by atoms with Crippen molar-refractivity contribution in [3.05, 3.63) is 30.1 Å². The van der Waals surface area contributed by atoms with Gasteiger partial charge in [-0.05, 0) is 50.6 Å². The number of hydrogen-bond donors (Lipinski definition) is 0. The van der Waals surface area contributed by atoms with Crippen molar-refractivity contribution in [2.45, 2.75) is 57.2 Å². The Bertz CT molecular complexity index is 650. The fourth-order valence-electron chi connectivity index (χ4n) is 5.61. The van der Waals surface area contributed by atoms with Crippen molar-refractivity contribution < 1.29 is 13.9 Å². The third-order valence-corrected chi connectivity index (χ3v) is 6.63. The van der Waals surface area contributed by atoms with E-state index >= 15 is 0 Å². The van der Waals surface area contributed by atoms with Crippen LogP contribution in [0.4, 0.5) is 4.39 Å². The van der Waals surface area contributed by atoms with Crippen LogP contribution in [0.5, 0.6) is 5.75 Å². The Morgan fingerprint density at radius 1 is 1.24 bits per heavy atom. The van der Waals surface area contributed by atoms with E-state index in [4.69, 9.17) is 4.74 Å². The Balaban J connectivity index is 1.51. The maximum atomic E-state index is 13.0. The van der Waals surface area contributed by atoms with E-state index in [0.717, 1.165) is 19.4 Å². The van der Waals surface area contributed by atoms with Crippen molar-refractivity contribution in [1.82, 2.24) is 9.80 Å². The van der Waals surface area contributed by atoms with Crippen LogP contribution in [-0.2, 0) is 4.79 Å². The summed E-state index contributed by atoms with van der Waals surface area (Å²) in [6, 6.07) is 7.04. The standard InChI is InChI=1S/C20H27FN2O2/c1-20-11-15-12-22(2)17(20)5-3-4-6-18(20)23(15)19(24)13-25-16-9-7-14(21)8-10-16/h7-10,15,17-18H,3-6,11-13H2,1-2H3/t15-,17+,18-,20+/m0/s1. The fraction of sp³-hybridized carbons (Fsp3) is 0.650. The van der Waals surface area contributed by atoms with Gasteiger partial charge in [-0.15, -0.1) is 0 Å². The van der Waals surface area contributed by atoms with Crippen LogP contribution in [0.25, 0.3) is 0 Å². The smallest absolute Gasteiger partial charge is 0.261 e. The molecule has 0 spiro atoms. The molecular formula is C20H27FN2O2. The minimum Gasteiger partial charge on any atom is -0.484 e. The van der Waals surface area contributed by atoms with E-state index in [1.807, 2.05) is 0 Å². The summed E-state index contributed by atoms with van der Waals surface area (Å²) >= 11 is 0. The lowest BCUT2D eigenvalue weighted by Gasteiger charge is -2.44. The van der Waals surface area contributed by atoms with Gasteiger partial charge in [0.05, 0.1) is 0 Å². The molecule has 3 fully saturated rings. The van der Waals surface area contributed by atoms with Gasteiger partial charge in [0.2, 0.25) is 0 Å². The molecule has 2 heterocycles. The average Bonchev–Trinajstić information content (AvgIpc) is 2.70. The number of fused-ring (bicyclic) bond motifs is 1. The summed E-state index contributed by atoms with van der Waals surface area (Å²) < 4.78 is 18.6. The Morgan fingerprint density at radius 3 is 2.64 bits per heavy atom. The molecule has 0 unspecified atom stereocenters. The van der Waals surface area contributed by atoms with Gasteiger partial charge in [-0.1, -0.05) is 19.8 Å². The van der Waals surface area contributed by atoms with Crippen LogP contribution in [0.2, 0.25) is 0 Å². The van der Waals surface area contributed by atoms with E-state index in [9.17, 15) is 9.18 Å². The van der Waals surface area contributed by atoms with Crippen molar-refractivity contribution in [3.63, 3.8) is 0 Å². The number of benzene rings is 1. The number of nitrogens with zero attached hydrogens (tertiary/aromatic N) is 2. The molecule has 0 aromatic heterocycles. The summed E-state index contributed by atoms with van der Waals surface area (Å²) in [6.07, 6.45) is 5.89. The zero-order valence-corrected chi connectivity index (χ0v) is 15.1. The van der Waals surface area contributed by atoms with Crippen LogP contribution in [0.1, 0.15) is 39.0 Å². The molecule has 1 aromatic rings. The van der Waals surface area contributed by atoms with Crippen LogP contribution in [0.3, 0.4) is 0 Å². The predicted molar refractivity (Wildman–Crippen MR) is 93.9 cm³/mol. The molecule has 2 bridgehead atoms. The van der Waals surface area contributed by atoms with Gasteiger partial charge in [-0.25, -0.2) is 4.39 Å². The number of halogens is 1. The Morgan fingerprint density at radius 2 is 1.92 bits per heavy atom. The SMILES string of the molecule is CN1C[C@@H]2C[C@@]3(C)[C@H](CCCC[C@@H]13)N2C(=O)COc1ccc(F)cc1. The van der Waals surface area contributed by atoms with Crippen LogP contribution in [0.15, 0.2) is 24.3 Å². The van der Waals surface area contributed by atoms with Gasteiger partial charge in [0.25, 0.3) is 5.91 Å². The summed E-state index contributed by atoms with van der Waals surface area (Å²) in [7, 11) is 2.21. The minimum atomic E-state index is -0.299. The highest BCUT2D eigenvalue weighted by atomic mass is 19.1. The highest BCUT2D eigenvalue weighted by molar-refractivity contribution is 5.79. The van der Waals surface area contributed by atoms with E-state index in [1.165, 1.54) is 31.4 Å². The molecule has 0 N–H and O–H groups in total. The number of carbonyl (C=O) groups is 1. The molecule has 4 atom stereocenters. The molecule has 2 aliphatic heterocycles. The summed E-state index contributed by atoms with van der Waals surface area (Å²) in [5.41, 5.74) is 0.194. The number of ether oxygens (including phenoxy) is 1. The first-order chi connectivity index (χ1) is 12.0. The van der Waals surface area contributed by atoms with Crippen molar-refractivity contribution in [2.24, 2.45) is 5.41 Å². The zero-order chi connectivity index (χ0) is 17.6. The monoisotopic (exact) mass is 346 g/mol. The first-order valence-corrected chi connectivity index (χ1v) is 9.39. The second-order valence-corrected chi connectivity index (χ2v) is 8.16. The Kier molecular flexibility index (Phi) is 4.22. The van der Waals surface area contributed by atoms with Crippen LogP contribution in [-0.4, -0.2) is 54.0 Å². The van der Waals surface area contributed by atoms with Crippen LogP contribution < -0.4 is 4.74 Å². The molecular weight excluding hydrogens is 319 g/mol. The Labute approximate surface area is 148 Å². The molecule has 1 amide bonds. The molecule has 3 aliphatic rings. The number of carbonyl (C=O) groups excluding carboxylic acids is 1. The molecule has 25 heavy (non-hydrogen) atoms. The molecule has 2 saturated heterocycles. The van der Waals surface area contributed by atoms with Crippen molar-refractivity contribution in [2.75, 3.05) is 20.2 Å². The molecule has 136 valence electrons. The van der Waals surface area contributed by atoms with Crippen LogP contribution in [0, 0.1) is 11.2 Å². The third-order valence-electron chi connectivity index (χ3n) is 6.63. The summed E-state index contributed by atoms with van der Waals surface area (Å²) in [5, 5.41) is 0. The predicted octanol–water partition coefficient (Wildman–Crippen LogP) is 3.07. The third kappa shape index (κ3) is 2.82. The lowest BCUT2D eigenvalue weighted by atomic mass is 9.71. The molecule has 4 rings (SSSR count). The van der Waals surface area contributed by atoms with Gasteiger partial charge in [-0.3, -0.25) is 4.79 Å². The van der Waals surface area contributed by atoms with E-state index in [-0.39, 0.29) is 23.7 Å². The average molecular weight is 346 g/mol.